The third kappa shape index (κ3) is 1.55. The number of benzene rings is 1. The lowest BCUT2D eigenvalue weighted by atomic mass is 10.0. The van der Waals surface area contributed by atoms with Crippen molar-refractivity contribution in [3.8, 4) is 11.3 Å². The molecule has 1 N–H and O–H groups in total. The van der Waals surface area contributed by atoms with Crippen LogP contribution in [-0.4, -0.2) is 18.1 Å². The van der Waals surface area contributed by atoms with E-state index in [4.69, 9.17) is 4.42 Å². The van der Waals surface area contributed by atoms with Gasteiger partial charge in [0.2, 0.25) is 5.89 Å². The van der Waals surface area contributed by atoms with Gasteiger partial charge in [0.1, 0.15) is 0 Å². The molecule has 1 saturated heterocycles. The zero-order chi connectivity index (χ0) is 10.1. The molecule has 0 spiro atoms. The molecule has 1 fully saturated rings. The van der Waals surface area contributed by atoms with Crippen LogP contribution in [0.5, 0.6) is 0 Å². The van der Waals surface area contributed by atoms with Gasteiger partial charge in [-0.05, 0) is 0 Å². The second-order valence-corrected chi connectivity index (χ2v) is 3.78. The molecule has 0 amide bonds. The van der Waals surface area contributed by atoms with Crippen LogP contribution in [0.4, 0.5) is 0 Å². The van der Waals surface area contributed by atoms with Crippen molar-refractivity contribution in [3.05, 3.63) is 42.4 Å². The zero-order valence-corrected chi connectivity index (χ0v) is 8.31. The van der Waals surface area contributed by atoms with Gasteiger partial charge in [-0.15, -0.1) is 0 Å². The lowest BCUT2D eigenvalue weighted by Crippen LogP contribution is -2.40. The van der Waals surface area contributed by atoms with E-state index >= 15 is 0 Å². The SMILES string of the molecule is c1ccc(-c2cnc(C3CNC3)o2)cc1. The number of nitrogens with zero attached hydrogens (tertiary/aromatic N) is 1. The van der Waals surface area contributed by atoms with E-state index in [1.165, 1.54) is 0 Å². The van der Waals surface area contributed by atoms with Gasteiger partial charge in [-0.1, -0.05) is 30.3 Å². The van der Waals surface area contributed by atoms with Crippen LogP contribution in [0.15, 0.2) is 40.9 Å². The van der Waals surface area contributed by atoms with Gasteiger partial charge in [0.25, 0.3) is 0 Å². The third-order valence-electron chi connectivity index (χ3n) is 2.71. The van der Waals surface area contributed by atoms with E-state index in [9.17, 15) is 0 Å². The monoisotopic (exact) mass is 200 g/mol. The van der Waals surface area contributed by atoms with E-state index in [1.807, 2.05) is 36.5 Å². The molecular formula is C12H12N2O. The summed E-state index contributed by atoms with van der Waals surface area (Å²) in [5, 5.41) is 3.21. The summed E-state index contributed by atoms with van der Waals surface area (Å²) in [6.45, 7) is 1.96. The highest BCUT2D eigenvalue weighted by Crippen LogP contribution is 2.25. The highest BCUT2D eigenvalue weighted by atomic mass is 16.4. The van der Waals surface area contributed by atoms with Crippen molar-refractivity contribution in [3.63, 3.8) is 0 Å². The Morgan fingerprint density at radius 3 is 2.67 bits per heavy atom. The molecule has 3 heteroatoms. The van der Waals surface area contributed by atoms with Gasteiger partial charge in [0.05, 0.1) is 12.1 Å². The molecule has 3 rings (SSSR count). The van der Waals surface area contributed by atoms with Crippen molar-refractivity contribution < 1.29 is 4.42 Å². The Bertz CT molecular complexity index is 446. The number of nitrogens with one attached hydrogen (secondary N) is 1. The van der Waals surface area contributed by atoms with E-state index in [0.29, 0.717) is 5.92 Å². The van der Waals surface area contributed by atoms with Gasteiger partial charge in [-0.3, -0.25) is 0 Å². The normalized spacial score (nSPS) is 16.3. The molecule has 2 aromatic rings. The Labute approximate surface area is 88.1 Å². The van der Waals surface area contributed by atoms with Crippen LogP contribution in [0.2, 0.25) is 0 Å². The van der Waals surface area contributed by atoms with E-state index in [-0.39, 0.29) is 0 Å². The van der Waals surface area contributed by atoms with Crippen LogP contribution in [0, 0.1) is 0 Å². The summed E-state index contributed by atoms with van der Waals surface area (Å²) in [5.41, 5.74) is 1.09. The molecule has 0 atom stereocenters. The van der Waals surface area contributed by atoms with Gasteiger partial charge < -0.3 is 9.73 Å². The average molecular weight is 200 g/mol. The average Bonchev–Trinajstić information content (AvgIpc) is 2.66. The smallest absolute Gasteiger partial charge is 0.200 e. The lowest BCUT2D eigenvalue weighted by Gasteiger charge is -2.23. The van der Waals surface area contributed by atoms with Crippen molar-refractivity contribution in [1.82, 2.24) is 10.3 Å². The van der Waals surface area contributed by atoms with E-state index < -0.39 is 0 Å². The van der Waals surface area contributed by atoms with Gasteiger partial charge in [0, 0.05) is 18.7 Å². The first-order valence-corrected chi connectivity index (χ1v) is 5.15. The van der Waals surface area contributed by atoms with Crippen LogP contribution in [-0.2, 0) is 0 Å². The second kappa shape index (κ2) is 3.51. The van der Waals surface area contributed by atoms with Crippen molar-refractivity contribution in [2.75, 3.05) is 13.1 Å². The van der Waals surface area contributed by atoms with Gasteiger partial charge in [0.15, 0.2) is 5.76 Å². The highest BCUT2D eigenvalue weighted by Gasteiger charge is 2.23. The quantitative estimate of drug-likeness (QED) is 0.806. The minimum atomic E-state index is 0.461. The van der Waals surface area contributed by atoms with Gasteiger partial charge in [-0.25, -0.2) is 4.98 Å². The second-order valence-electron chi connectivity index (χ2n) is 3.78. The van der Waals surface area contributed by atoms with E-state index in [0.717, 1.165) is 30.3 Å². The minimum absolute atomic E-state index is 0.461. The Balaban J connectivity index is 1.90. The molecule has 1 aliphatic heterocycles. The highest BCUT2D eigenvalue weighted by molar-refractivity contribution is 5.55. The molecule has 15 heavy (non-hydrogen) atoms. The maximum Gasteiger partial charge on any atom is 0.200 e. The fourth-order valence-electron chi connectivity index (χ4n) is 1.68. The predicted molar refractivity (Wildman–Crippen MR) is 57.5 cm³/mol. The molecule has 3 nitrogen and oxygen atoms in total. The molecule has 1 aromatic carbocycles. The molecule has 1 aliphatic rings. The van der Waals surface area contributed by atoms with Crippen molar-refractivity contribution in [1.29, 1.82) is 0 Å². The predicted octanol–water partition coefficient (Wildman–Crippen LogP) is 2.03. The van der Waals surface area contributed by atoms with Crippen molar-refractivity contribution in [2.45, 2.75) is 5.92 Å². The van der Waals surface area contributed by atoms with Crippen LogP contribution < -0.4 is 5.32 Å². The van der Waals surface area contributed by atoms with Gasteiger partial charge in [-0.2, -0.15) is 0 Å². The van der Waals surface area contributed by atoms with Crippen LogP contribution in [0.1, 0.15) is 11.8 Å². The van der Waals surface area contributed by atoms with E-state index in [1.54, 1.807) is 0 Å². The third-order valence-corrected chi connectivity index (χ3v) is 2.71. The molecule has 76 valence electrons. The van der Waals surface area contributed by atoms with E-state index in [2.05, 4.69) is 10.3 Å². The maximum absolute atomic E-state index is 5.72. The molecule has 2 heterocycles. The molecule has 0 saturated carbocycles. The number of hydrogen-bond acceptors (Lipinski definition) is 3. The fourth-order valence-corrected chi connectivity index (χ4v) is 1.68. The fraction of sp³-hybridized carbons (Fsp3) is 0.250. The summed E-state index contributed by atoms with van der Waals surface area (Å²) in [4.78, 5) is 4.31. The maximum atomic E-state index is 5.72. The summed E-state index contributed by atoms with van der Waals surface area (Å²) >= 11 is 0. The Morgan fingerprint density at radius 1 is 1.20 bits per heavy atom. The first-order chi connectivity index (χ1) is 7.43. The number of hydrogen-bond donors (Lipinski definition) is 1. The largest absolute Gasteiger partial charge is 0.440 e. The topological polar surface area (TPSA) is 38.1 Å². The Morgan fingerprint density at radius 2 is 2.00 bits per heavy atom. The Hall–Kier alpha value is -1.61. The first kappa shape index (κ1) is 8.68. The summed E-state index contributed by atoms with van der Waals surface area (Å²) < 4.78 is 5.72. The standard InChI is InChI=1S/C12H12N2O/c1-2-4-9(5-3-1)11-8-14-12(15-11)10-6-13-7-10/h1-5,8,10,13H,6-7H2. The first-order valence-electron chi connectivity index (χ1n) is 5.15. The summed E-state index contributed by atoms with van der Waals surface area (Å²) in [7, 11) is 0. The summed E-state index contributed by atoms with van der Waals surface area (Å²) in [5.74, 6) is 2.17. The van der Waals surface area contributed by atoms with Gasteiger partial charge >= 0.3 is 0 Å². The molecule has 0 unspecified atom stereocenters. The molecular weight excluding hydrogens is 188 g/mol. The van der Waals surface area contributed by atoms with Crippen LogP contribution in [0.25, 0.3) is 11.3 Å². The lowest BCUT2D eigenvalue weighted by molar-refractivity contribution is 0.361. The molecule has 0 radical (unpaired) electrons. The summed E-state index contributed by atoms with van der Waals surface area (Å²) in [6, 6.07) is 10.1. The molecule has 0 bridgehead atoms. The zero-order valence-electron chi connectivity index (χ0n) is 8.31. The summed E-state index contributed by atoms with van der Waals surface area (Å²) in [6.07, 6.45) is 1.81. The van der Waals surface area contributed by atoms with Crippen LogP contribution >= 0.6 is 0 Å². The minimum Gasteiger partial charge on any atom is -0.440 e. The number of oxazole rings is 1. The van der Waals surface area contributed by atoms with Crippen molar-refractivity contribution in [2.24, 2.45) is 0 Å². The number of aromatic nitrogens is 1. The molecule has 0 aliphatic carbocycles. The number of rotatable bonds is 2. The van der Waals surface area contributed by atoms with Crippen molar-refractivity contribution >= 4 is 0 Å². The molecule has 1 aromatic heterocycles. The van der Waals surface area contributed by atoms with Crippen LogP contribution in [0.3, 0.4) is 0 Å². The Kier molecular flexibility index (Phi) is 2.03.